The molecule has 0 amide bonds. The maximum absolute atomic E-state index is 11.9. The van der Waals surface area contributed by atoms with Crippen molar-refractivity contribution in [3.05, 3.63) is 12.7 Å². The van der Waals surface area contributed by atoms with Crippen LogP contribution in [0.25, 0.3) is 11.2 Å². The van der Waals surface area contributed by atoms with Crippen molar-refractivity contribution in [2.24, 2.45) is 0 Å². The predicted octanol–water partition coefficient (Wildman–Crippen LogP) is 8.48. The highest BCUT2D eigenvalue weighted by molar-refractivity contribution is 8.09. The number of ether oxygens (including phenoxy) is 3. The Balaban J connectivity index is 1.60. The summed E-state index contributed by atoms with van der Waals surface area (Å²) in [4.78, 5) is 29.2. The number of fused-ring (bicyclic) bond motifs is 1. The van der Waals surface area contributed by atoms with Crippen molar-refractivity contribution in [3.8, 4) is 0 Å². The van der Waals surface area contributed by atoms with Crippen molar-refractivity contribution in [3.63, 3.8) is 0 Å². The van der Waals surface area contributed by atoms with Crippen molar-refractivity contribution < 1.29 is 33.1 Å². The minimum atomic E-state index is -3.15. The molecule has 12 nitrogen and oxygen atoms in total. The van der Waals surface area contributed by atoms with Gasteiger partial charge in [-0.2, -0.15) is 0 Å². The summed E-state index contributed by atoms with van der Waals surface area (Å²) in [5.41, 5.74) is 7.01. The van der Waals surface area contributed by atoms with Crippen LogP contribution in [0.4, 0.5) is 10.6 Å². The molecule has 2 aromatic rings. The lowest BCUT2D eigenvalue weighted by atomic mass is 10.0. The molecule has 0 fully saturated rings. The summed E-state index contributed by atoms with van der Waals surface area (Å²) < 4.78 is 29.8. The molecule has 0 unspecified atom stereocenters. The standard InChI is InChI=1S/C32H58N5O7PS/c1-5-6-7-8-9-10-11-12-13-14-15-16-17-18-20-39-21-19-22-41-45(46,44-43-32(38)42-27(2)3)26-40-28(4)23-37-25-36-29-30(33)34-24-35-31(29)37/h24-25,27-28H,5-23,26H2,1-4H3,(H2,33,34,35)/t28-,45-/m1/s1. The largest absolute Gasteiger partial charge is 0.541 e. The lowest BCUT2D eigenvalue weighted by molar-refractivity contribution is -0.176. The topological polar surface area (TPSA) is 142 Å². The fourth-order valence-electron chi connectivity index (χ4n) is 4.83. The van der Waals surface area contributed by atoms with E-state index in [2.05, 4.69) is 21.9 Å². The van der Waals surface area contributed by atoms with Crippen LogP contribution in [0, 0.1) is 0 Å². The highest BCUT2D eigenvalue weighted by Gasteiger charge is 2.26. The molecule has 264 valence electrons. The molecule has 0 saturated carbocycles. The Morgan fingerprint density at radius 3 is 2.11 bits per heavy atom. The maximum Gasteiger partial charge on any atom is 0.541 e. The smallest absolute Gasteiger partial charge is 0.430 e. The normalized spacial score (nSPS) is 13.7. The molecule has 0 aliphatic carbocycles. The SMILES string of the molecule is CCCCCCCCCCCCCCCCOCCCO[P@](=S)(CO[C@H](C)Cn1cnc2c(N)ncnc21)OOC(=O)OC(C)C. The van der Waals surface area contributed by atoms with Gasteiger partial charge in [-0.05, 0) is 45.4 Å². The fraction of sp³-hybridized carbons (Fsp3) is 0.812. The number of aromatic nitrogens is 4. The molecule has 0 aliphatic rings. The molecule has 0 spiro atoms. The molecule has 0 bridgehead atoms. The zero-order valence-corrected chi connectivity index (χ0v) is 30.2. The lowest BCUT2D eigenvalue weighted by Crippen LogP contribution is -2.19. The number of hydrogen-bond acceptors (Lipinski definition) is 12. The van der Waals surface area contributed by atoms with E-state index >= 15 is 0 Å². The molecule has 2 heterocycles. The number of carbonyl (C=O) groups excluding carboxylic acids is 1. The van der Waals surface area contributed by atoms with Crippen LogP contribution in [0.15, 0.2) is 12.7 Å². The van der Waals surface area contributed by atoms with Gasteiger partial charge in [-0.3, -0.25) is 4.89 Å². The summed E-state index contributed by atoms with van der Waals surface area (Å²) in [6.07, 6.45) is 20.5. The zero-order valence-electron chi connectivity index (χ0n) is 28.5. The minimum Gasteiger partial charge on any atom is -0.430 e. The van der Waals surface area contributed by atoms with E-state index in [1.165, 1.54) is 89.8 Å². The molecule has 2 atom stereocenters. The van der Waals surface area contributed by atoms with Crippen LogP contribution in [-0.2, 0) is 46.6 Å². The Morgan fingerprint density at radius 2 is 1.48 bits per heavy atom. The zero-order chi connectivity index (χ0) is 33.5. The van der Waals surface area contributed by atoms with Gasteiger partial charge in [0.15, 0.2) is 11.5 Å². The van der Waals surface area contributed by atoms with Gasteiger partial charge < -0.3 is 29.0 Å². The second-order valence-electron chi connectivity index (χ2n) is 12.0. The molecule has 0 radical (unpaired) electrons. The van der Waals surface area contributed by atoms with Gasteiger partial charge in [0.2, 0.25) is 0 Å². The Morgan fingerprint density at radius 1 is 0.870 bits per heavy atom. The molecule has 2 N–H and O–H groups in total. The summed E-state index contributed by atoms with van der Waals surface area (Å²) in [5.74, 6) is 0.309. The van der Waals surface area contributed by atoms with Crippen LogP contribution in [0.1, 0.15) is 124 Å². The van der Waals surface area contributed by atoms with Gasteiger partial charge in [0.05, 0.1) is 31.7 Å². The third-order valence-corrected chi connectivity index (χ3v) is 9.47. The number of hydrogen-bond donors (Lipinski definition) is 1. The number of carbonyl (C=O) groups is 1. The Hall–Kier alpha value is -1.89. The lowest BCUT2D eigenvalue weighted by Gasteiger charge is -2.22. The van der Waals surface area contributed by atoms with E-state index in [9.17, 15) is 4.79 Å². The third kappa shape index (κ3) is 17.9. The van der Waals surface area contributed by atoms with E-state index in [0.29, 0.717) is 36.6 Å². The maximum atomic E-state index is 11.9. The van der Waals surface area contributed by atoms with Crippen LogP contribution in [-0.4, -0.2) is 64.1 Å². The Labute approximate surface area is 280 Å². The second kappa shape index (κ2) is 24.3. The van der Waals surface area contributed by atoms with E-state index in [-0.39, 0.29) is 25.2 Å². The minimum absolute atomic E-state index is 0.0812. The first-order valence-corrected chi connectivity index (χ1v) is 20.0. The summed E-state index contributed by atoms with van der Waals surface area (Å²) in [7, 11) is 0. The van der Waals surface area contributed by atoms with Gasteiger partial charge in [-0.15, -0.1) is 4.67 Å². The third-order valence-electron chi connectivity index (χ3n) is 7.31. The van der Waals surface area contributed by atoms with Crippen LogP contribution in [0.5, 0.6) is 0 Å². The van der Waals surface area contributed by atoms with Crippen LogP contribution in [0.3, 0.4) is 0 Å². The Bertz CT molecular complexity index is 1140. The van der Waals surface area contributed by atoms with Gasteiger partial charge in [0.1, 0.15) is 18.2 Å². The first-order valence-electron chi connectivity index (χ1n) is 17.1. The van der Waals surface area contributed by atoms with Crippen LogP contribution in [0.2, 0.25) is 0 Å². The number of unbranched alkanes of at least 4 members (excludes halogenated alkanes) is 13. The molecule has 46 heavy (non-hydrogen) atoms. The number of nitrogens with zero attached hydrogens (tertiary/aromatic N) is 4. The summed E-state index contributed by atoms with van der Waals surface area (Å²) >= 11 is 5.62. The van der Waals surface area contributed by atoms with Crippen molar-refractivity contribution in [2.45, 2.75) is 143 Å². The monoisotopic (exact) mass is 687 g/mol. The number of imidazole rings is 1. The van der Waals surface area contributed by atoms with E-state index < -0.39 is 12.6 Å². The van der Waals surface area contributed by atoms with Crippen molar-refractivity contribution in [1.82, 2.24) is 19.5 Å². The molecule has 14 heteroatoms. The van der Waals surface area contributed by atoms with E-state index in [1.807, 2.05) is 11.5 Å². The van der Waals surface area contributed by atoms with Gasteiger partial charge in [0, 0.05) is 13.2 Å². The highest BCUT2D eigenvalue weighted by atomic mass is 32.5. The first-order chi connectivity index (χ1) is 22.2. The number of nitrogen functional groups attached to an aromatic ring is 1. The summed E-state index contributed by atoms with van der Waals surface area (Å²) in [5, 5.41) is 0. The van der Waals surface area contributed by atoms with Gasteiger partial charge in [0.25, 0.3) is 6.49 Å². The average Bonchev–Trinajstić information content (AvgIpc) is 3.43. The summed E-state index contributed by atoms with van der Waals surface area (Å²) in [6, 6.07) is 0. The second-order valence-corrected chi connectivity index (χ2v) is 15.6. The Kier molecular flexibility index (Phi) is 21.3. The highest BCUT2D eigenvalue weighted by Crippen LogP contribution is 2.49. The summed E-state index contributed by atoms with van der Waals surface area (Å²) in [6.45, 7) is 6.37. The van der Waals surface area contributed by atoms with E-state index in [0.717, 1.165) is 13.0 Å². The molecule has 0 saturated heterocycles. The number of nitrogens with two attached hydrogens (primary N) is 1. The molecule has 0 aromatic carbocycles. The molecule has 2 aromatic heterocycles. The fourth-order valence-corrected chi connectivity index (χ4v) is 6.50. The predicted molar refractivity (Wildman–Crippen MR) is 185 cm³/mol. The quantitative estimate of drug-likeness (QED) is 0.0301. The van der Waals surface area contributed by atoms with E-state index in [1.54, 1.807) is 20.2 Å². The van der Waals surface area contributed by atoms with E-state index in [4.69, 9.17) is 45.8 Å². The van der Waals surface area contributed by atoms with Gasteiger partial charge in [-0.25, -0.2) is 19.7 Å². The van der Waals surface area contributed by atoms with Crippen LogP contribution < -0.4 is 5.73 Å². The van der Waals surface area contributed by atoms with Crippen molar-refractivity contribution >= 4 is 41.4 Å². The average molecular weight is 688 g/mol. The number of anilines is 1. The van der Waals surface area contributed by atoms with Crippen molar-refractivity contribution in [1.29, 1.82) is 0 Å². The molecule has 0 aliphatic heterocycles. The molecular weight excluding hydrogens is 629 g/mol. The first kappa shape index (κ1) is 40.3. The van der Waals surface area contributed by atoms with Crippen molar-refractivity contribution in [2.75, 3.05) is 31.9 Å². The van der Waals surface area contributed by atoms with Gasteiger partial charge in [-0.1, -0.05) is 90.4 Å². The van der Waals surface area contributed by atoms with Gasteiger partial charge >= 0.3 is 6.16 Å². The molecule has 2 rings (SSSR count). The number of rotatable bonds is 28. The van der Waals surface area contributed by atoms with Crippen LogP contribution >= 0.6 is 6.49 Å². The molecular formula is C32H58N5O7PS.